The summed E-state index contributed by atoms with van der Waals surface area (Å²) in [6, 6.07) is 6.71. The van der Waals surface area contributed by atoms with Gasteiger partial charge in [-0.25, -0.2) is 9.78 Å². The highest BCUT2D eigenvalue weighted by Crippen LogP contribution is 2.24. The molecule has 1 heterocycles. The first-order chi connectivity index (χ1) is 11.6. The molecule has 0 aliphatic rings. The molecule has 10 heteroatoms. The van der Waals surface area contributed by atoms with E-state index in [9.17, 15) is 14.9 Å². The molecule has 0 radical (unpaired) electrons. The molecule has 2 rings (SSSR count). The highest BCUT2D eigenvalue weighted by atomic mass is 35.5. The van der Waals surface area contributed by atoms with Crippen molar-refractivity contribution in [2.75, 3.05) is 10.6 Å². The number of nitrogens with zero attached hydrogens (tertiary/aromatic N) is 3. The summed E-state index contributed by atoms with van der Waals surface area (Å²) in [5, 5.41) is 15.9. The van der Waals surface area contributed by atoms with Crippen molar-refractivity contribution in [3.8, 4) is 0 Å². The van der Waals surface area contributed by atoms with Gasteiger partial charge in [-0.15, -0.1) is 0 Å². The van der Waals surface area contributed by atoms with E-state index in [1.54, 1.807) is 45.0 Å². The average Bonchev–Trinajstić information content (AvgIpc) is 2.45. The van der Waals surface area contributed by atoms with Gasteiger partial charge in [0, 0.05) is 11.4 Å². The van der Waals surface area contributed by atoms with Crippen molar-refractivity contribution in [2.45, 2.75) is 26.4 Å². The molecule has 0 aliphatic heterocycles. The van der Waals surface area contributed by atoms with E-state index in [0.717, 1.165) is 6.20 Å². The van der Waals surface area contributed by atoms with Crippen molar-refractivity contribution in [3.05, 3.63) is 45.7 Å². The van der Waals surface area contributed by atoms with Crippen molar-refractivity contribution in [2.24, 2.45) is 0 Å². The standard InChI is InChI=1S/C15H16ClN5O4/c1-15(2,3)25-14(22)19-10-6-4-5-9(7-10)18-13-17-8-11(21(23)24)12(16)20-13/h4-8H,1-3H3,(H,19,22)(H,17,18,20). The topological polar surface area (TPSA) is 119 Å². The number of carbonyl (C=O) groups is 1. The van der Waals surface area contributed by atoms with Crippen LogP contribution >= 0.6 is 11.6 Å². The lowest BCUT2D eigenvalue weighted by Gasteiger charge is -2.19. The normalized spacial score (nSPS) is 10.9. The molecule has 0 spiro atoms. The second-order valence-electron chi connectivity index (χ2n) is 5.96. The maximum Gasteiger partial charge on any atom is 0.412 e. The van der Waals surface area contributed by atoms with Gasteiger partial charge in [0.2, 0.25) is 11.1 Å². The molecule has 1 aromatic heterocycles. The smallest absolute Gasteiger partial charge is 0.412 e. The fourth-order valence-electron chi connectivity index (χ4n) is 1.76. The maximum absolute atomic E-state index is 11.8. The summed E-state index contributed by atoms with van der Waals surface area (Å²) in [5.74, 6) is 0.0880. The van der Waals surface area contributed by atoms with Gasteiger partial charge >= 0.3 is 11.8 Å². The van der Waals surface area contributed by atoms with Crippen molar-refractivity contribution < 1.29 is 14.5 Å². The lowest BCUT2D eigenvalue weighted by molar-refractivity contribution is -0.385. The third-order valence-corrected chi connectivity index (χ3v) is 2.96. The van der Waals surface area contributed by atoms with Gasteiger partial charge in [-0.05, 0) is 39.0 Å². The van der Waals surface area contributed by atoms with Crippen LogP contribution in [0.4, 0.5) is 27.8 Å². The van der Waals surface area contributed by atoms with Crippen LogP contribution in [0.5, 0.6) is 0 Å². The van der Waals surface area contributed by atoms with Gasteiger partial charge in [-0.1, -0.05) is 17.7 Å². The second kappa shape index (κ2) is 7.31. The minimum atomic E-state index is -0.669. The van der Waals surface area contributed by atoms with E-state index in [0.29, 0.717) is 11.4 Å². The van der Waals surface area contributed by atoms with Crippen molar-refractivity contribution >= 4 is 40.7 Å². The molecule has 0 bridgehead atoms. The largest absolute Gasteiger partial charge is 0.444 e. The van der Waals surface area contributed by atoms with Gasteiger partial charge in [0.1, 0.15) is 11.8 Å². The first kappa shape index (κ1) is 18.4. The Bertz CT molecular complexity index is 807. The third-order valence-electron chi connectivity index (χ3n) is 2.69. The summed E-state index contributed by atoms with van der Waals surface area (Å²) in [7, 11) is 0. The molecule has 0 saturated carbocycles. The molecule has 2 aromatic rings. The molecule has 132 valence electrons. The Kier molecular flexibility index (Phi) is 5.38. The van der Waals surface area contributed by atoms with Crippen LogP contribution in [0.25, 0.3) is 0 Å². The minimum absolute atomic E-state index is 0.0880. The maximum atomic E-state index is 11.8. The summed E-state index contributed by atoms with van der Waals surface area (Å²) >= 11 is 5.75. The number of ether oxygens (including phenoxy) is 1. The Morgan fingerprint density at radius 3 is 2.60 bits per heavy atom. The summed E-state index contributed by atoms with van der Waals surface area (Å²) in [5.41, 5.74) is 0.0572. The number of aromatic nitrogens is 2. The van der Waals surface area contributed by atoms with E-state index in [4.69, 9.17) is 16.3 Å². The molecule has 0 aliphatic carbocycles. The molecule has 0 fully saturated rings. The summed E-state index contributed by atoms with van der Waals surface area (Å²) < 4.78 is 5.17. The molecule has 9 nitrogen and oxygen atoms in total. The average molecular weight is 366 g/mol. The summed E-state index contributed by atoms with van der Waals surface area (Å²) in [4.78, 5) is 29.5. The van der Waals surface area contributed by atoms with Crippen LogP contribution < -0.4 is 10.6 Å². The fraction of sp³-hybridized carbons (Fsp3) is 0.267. The van der Waals surface area contributed by atoms with Crippen LogP contribution in [0.1, 0.15) is 20.8 Å². The number of nitrogens with one attached hydrogen (secondary N) is 2. The highest BCUT2D eigenvalue weighted by molar-refractivity contribution is 6.31. The monoisotopic (exact) mass is 365 g/mol. The van der Waals surface area contributed by atoms with Crippen molar-refractivity contribution in [1.29, 1.82) is 0 Å². The van der Waals surface area contributed by atoms with Gasteiger partial charge in [0.25, 0.3) is 0 Å². The number of benzene rings is 1. The molecule has 1 aromatic carbocycles. The molecule has 25 heavy (non-hydrogen) atoms. The zero-order chi connectivity index (χ0) is 18.6. The number of hydrogen-bond acceptors (Lipinski definition) is 7. The second-order valence-corrected chi connectivity index (χ2v) is 6.32. The SMILES string of the molecule is CC(C)(C)OC(=O)Nc1cccc(Nc2ncc([N+](=O)[O-])c(Cl)n2)c1. The molecule has 0 atom stereocenters. The summed E-state index contributed by atoms with van der Waals surface area (Å²) in [6.07, 6.45) is 0.430. The number of carbonyl (C=O) groups excluding carboxylic acids is 1. The predicted octanol–water partition coefficient (Wildman–Crippen LogP) is 4.13. The van der Waals surface area contributed by atoms with Crippen LogP contribution in [0, 0.1) is 10.1 Å². The Morgan fingerprint density at radius 1 is 1.32 bits per heavy atom. The molecule has 2 N–H and O–H groups in total. The Balaban J connectivity index is 2.10. The molecular weight excluding hydrogens is 350 g/mol. The van der Waals surface area contributed by atoms with E-state index in [2.05, 4.69) is 20.6 Å². The lowest BCUT2D eigenvalue weighted by atomic mass is 10.2. The first-order valence-electron chi connectivity index (χ1n) is 7.18. The van der Waals surface area contributed by atoms with E-state index in [-0.39, 0.29) is 16.8 Å². The van der Waals surface area contributed by atoms with E-state index in [1.165, 1.54) is 0 Å². The Labute approximate surface area is 148 Å². The third kappa shape index (κ3) is 5.57. The summed E-state index contributed by atoms with van der Waals surface area (Å²) in [6.45, 7) is 5.29. The van der Waals surface area contributed by atoms with Crippen LogP contribution in [0.15, 0.2) is 30.5 Å². The Morgan fingerprint density at radius 2 is 2.00 bits per heavy atom. The van der Waals surface area contributed by atoms with E-state index in [1.807, 2.05) is 0 Å². The predicted molar refractivity (Wildman–Crippen MR) is 93.3 cm³/mol. The van der Waals surface area contributed by atoms with Gasteiger partial charge < -0.3 is 10.1 Å². The van der Waals surface area contributed by atoms with Gasteiger partial charge in [-0.3, -0.25) is 15.4 Å². The van der Waals surface area contributed by atoms with Gasteiger partial charge in [0.05, 0.1) is 4.92 Å². The number of rotatable bonds is 4. The molecule has 0 unspecified atom stereocenters. The molecule has 1 amide bonds. The minimum Gasteiger partial charge on any atom is -0.444 e. The number of anilines is 3. The number of halogens is 1. The highest BCUT2D eigenvalue weighted by Gasteiger charge is 2.17. The van der Waals surface area contributed by atoms with Crippen molar-refractivity contribution in [1.82, 2.24) is 9.97 Å². The van der Waals surface area contributed by atoms with E-state index >= 15 is 0 Å². The molecule has 0 saturated heterocycles. The number of hydrogen-bond donors (Lipinski definition) is 2. The van der Waals surface area contributed by atoms with Crippen LogP contribution in [0.2, 0.25) is 5.15 Å². The lowest BCUT2D eigenvalue weighted by Crippen LogP contribution is -2.27. The van der Waals surface area contributed by atoms with E-state index < -0.39 is 16.6 Å². The van der Waals surface area contributed by atoms with Gasteiger partial charge in [0.15, 0.2) is 0 Å². The zero-order valence-corrected chi connectivity index (χ0v) is 14.5. The quantitative estimate of drug-likeness (QED) is 0.474. The first-order valence-corrected chi connectivity index (χ1v) is 7.56. The van der Waals surface area contributed by atoms with Gasteiger partial charge in [-0.2, -0.15) is 4.98 Å². The van der Waals surface area contributed by atoms with Crippen molar-refractivity contribution in [3.63, 3.8) is 0 Å². The molecular formula is C15H16ClN5O4. The number of nitro groups is 1. The zero-order valence-electron chi connectivity index (χ0n) is 13.7. The van der Waals surface area contributed by atoms with Crippen LogP contribution in [0.3, 0.4) is 0 Å². The number of amides is 1. The van der Waals surface area contributed by atoms with Crippen LogP contribution in [-0.4, -0.2) is 26.6 Å². The Hall–Kier alpha value is -2.94. The fourth-order valence-corrected chi connectivity index (χ4v) is 1.96. The van der Waals surface area contributed by atoms with Crippen LogP contribution in [-0.2, 0) is 4.74 Å².